The second-order valence-corrected chi connectivity index (χ2v) is 4.36. The SMILES string of the molecule is CC(CF)Nc1nc(Cl)nc2c(F)c(Cl)ncc12. The molecule has 0 aliphatic heterocycles. The molecule has 2 rings (SSSR count). The van der Waals surface area contributed by atoms with Gasteiger partial charge in [0.1, 0.15) is 18.0 Å². The Morgan fingerprint density at radius 3 is 2.78 bits per heavy atom. The number of hydrogen-bond acceptors (Lipinski definition) is 4. The number of nitrogens with zero attached hydrogens (tertiary/aromatic N) is 3. The summed E-state index contributed by atoms with van der Waals surface area (Å²) in [4.78, 5) is 11.3. The van der Waals surface area contributed by atoms with Crippen LogP contribution in [0.15, 0.2) is 6.20 Å². The van der Waals surface area contributed by atoms with Gasteiger partial charge in [-0.05, 0) is 18.5 Å². The first kappa shape index (κ1) is 13.2. The number of nitrogens with one attached hydrogen (secondary N) is 1. The van der Waals surface area contributed by atoms with E-state index in [-0.39, 0.29) is 21.8 Å². The fourth-order valence-corrected chi connectivity index (χ4v) is 1.70. The van der Waals surface area contributed by atoms with Crippen molar-refractivity contribution in [1.82, 2.24) is 15.0 Å². The lowest BCUT2D eigenvalue weighted by Gasteiger charge is -2.13. The number of aromatic nitrogens is 3. The Morgan fingerprint density at radius 2 is 2.11 bits per heavy atom. The normalized spacial score (nSPS) is 12.7. The molecule has 0 saturated heterocycles. The van der Waals surface area contributed by atoms with Crippen molar-refractivity contribution in [2.24, 2.45) is 0 Å². The third-order valence-electron chi connectivity index (χ3n) is 2.23. The van der Waals surface area contributed by atoms with Gasteiger partial charge in [0, 0.05) is 6.20 Å². The van der Waals surface area contributed by atoms with Gasteiger partial charge in [0.25, 0.3) is 0 Å². The first-order chi connectivity index (χ1) is 8.52. The number of halogens is 4. The summed E-state index contributed by atoms with van der Waals surface area (Å²) in [5, 5.41) is 2.60. The molecule has 2 aromatic rings. The van der Waals surface area contributed by atoms with Crippen molar-refractivity contribution in [2.75, 3.05) is 12.0 Å². The summed E-state index contributed by atoms with van der Waals surface area (Å²) < 4.78 is 26.2. The lowest BCUT2D eigenvalue weighted by Crippen LogP contribution is -2.18. The molecule has 8 heteroatoms. The summed E-state index contributed by atoms with van der Waals surface area (Å²) >= 11 is 11.2. The highest BCUT2D eigenvalue weighted by molar-refractivity contribution is 6.30. The molecule has 4 nitrogen and oxygen atoms in total. The molecule has 1 unspecified atom stereocenters. The maximum atomic E-state index is 13.7. The van der Waals surface area contributed by atoms with Gasteiger partial charge >= 0.3 is 0 Å². The first-order valence-corrected chi connectivity index (χ1v) is 5.78. The molecular weight excluding hydrogens is 285 g/mol. The topological polar surface area (TPSA) is 50.7 Å². The van der Waals surface area contributed by atoms with Crippen LogP contribution in [0.25, 0.3) is 10.9 Å². The molecule has 1 atom stereocenters. The van der Waals surface area contributed by atoms with Gasteiger partial charge in [-0.1, -0.05) is 11.6 Å². The highest BCUT2D eigenvalue weighted by Crippen LogP contribution is 2.27. The Hall–Kier alpha value is -1.27. The van der Waals surface area contributed by atoms with Gasteiger partial charge in [-0.2, -0.15) is 0 Å². The van der Waals surface area contributed by atoms with E-state index in [2.05, 4.69) is 20.3 Å². The molecule has 0 aromatic carbocycles. The highest BCUT2D eigenvalue weighted by Gasteiger charge is 2.15. The molecule has 0 aliphatic carbocycles. The summed E-state index contributed by atoms with van der Waals surface area (Å²) in [6, 6.07) is -0.488. The molecule has 96 valence electrons. The minimum absolute atomic E-state index is 0.0523. The van der Waals surface area contributed by atoms with Crippen LogP contribution in [0.3, 0.4) is 0 Å². The zero-order valence-corrected chi connectivity index (χ0v) is 10.7. The average molecular weight is 293 g/mol. The molecule has 0 saturated carbocycles. The summed E-state index contributed by atoms with van der Waals surface area (Å²) in [5.74, 6) is -0.562. The standard InChI is InChI=1S/C10H8Cl2F2N4/c1-4(2-13)16-9-5-3-15-8(11)6(14)7(5)17-10(12)18-9/h3-4H,2H2,1H3,(H,16,17,18). The summed E-state index contributed by atoms with van der Waals surface area (Å²) in [6.45, 7) is 1.01. The van der Waals surface area contributed by atoms with Crippen LogP contribution >= 0.6 is 23.2 Å². The van der Waals surface area contributed by atoms with Crippen molar-refractivity contribution in [3.63, 3.8) is 0 Å². The second-order valence-electron chi connectivity index (χ2n) is 3.67. The van der Waals surface area contributed by atoms with E-state index in [1.54, 1.807) is 6.92 Å². The van der Waals surface area contributed by atoms with Crippen molar-refractivity contribution >= 4 is 39.9 Å². The van der Waals surface area contributed by atoms with E-state index in [9.17, 15) is 8.78 Å². The molecule has 0 spiro atoms. The smallest absolute Gasteiger partial charge is 0.225 e. The van der Waals surface area contributed by atoms with Crippen molar-refractivity contribution in [2.45, 2.75) is 13.0 Å². The maximum Gasteiger partial charge on any atom is 0.225 e. The monoisotopic (exact) mass is 292 g/mol. The van der Waals surface area contributed by atoms with Crippen LogP contribution in [-0.2, 0) is 0 Å². The van der Waals surface area contributed by atoms with E-state index in [0.717, 1.165) is 0 Å². The van der Waals surface area contributed by atoms with Crippen LogP contribution in [0.2, 0.25) is 10.4 Å². The number of alkyl halides is 1. The minimum atomic E-state index is -0.783. The Bertz CT molecular complexity index is 594. The van der Waals surface area contributed by atoms with E-state index in [4.69, 9.17) is 23.2 Å². The Balaban J connectivity index is 2.63. The molecule has 0 fully saturated rings. The molecule has 0 radical (unpaired) electrons. The van der Waals surface area contributed by atoms with Crippen LogP contribution < -0.4 is 5.32 Å². The summed E-state index contributed by atoms with van der Waals surface area (Å²) in [7, 11) is 0. The molecule has 2 heterocycles. The zero-order valence-electron chi connectivity index (χ0n) is 9.22. The summed E-state index contributed by atoms with van der Waals surface area (Å²) in [5.41, 5.74) is -0.0523. The third kappa shape index (κ3) is 2.44. The van der Waals surface area contributed by atoms with Crippen molar-refractivity contribution in [3.05, 3.63) is 22.5 Å². The van der Waals surface area contributed by atoms with Gasteiger partial charge in [-0.3, -0.25) is 0 Å². The lowest BCUT2D eigenvalue weighted by atomic mass is 10.2. The van der Waals surface area contributed by atoms with E-state index < -0.39 is 18.5 Å². The number of fused-ring (bicyclic) bond motifs is 1. The molecule has 0 amide bonds. The third-order valence-corrected chi connectivity index (χ3v) is 2.66. The molecule has 0 aliphatic rings. The molecule has 18 heavy (non-hydrogen) atoms. The van der Waals surface area contributed by atoms with Gasteiger partial charge in [-0.25, -0.2) is 23.7 Å². The van der Waals surface area contributed by atoms with Gasteiger partial charge < -0.3 is 5.32 Å². The van der Waals surface area contributed by atoms with Crippen molar-refractivity contribution < 1.29 is 8.78 Å². The van der Waals surface area contributed by atoms with Gasteiger partial charge in [0.15, 0.2) is 11.0 Å². The van der Waals surface area contributed by atoms with Crippen molar-refractivity contribution in [3.8, 4) is 0 Å². The van der Waals surface area contributed by atoms with Crippen molar-refractivity contribution in [1.29, 1.82) is 0 Å². The van der Waals surface area contributed by atoms with Gasteiger partial charge in [0.2, 0.25) is 5.28 Å². The average Bonchev–Trinajstić information content (AvgIpc) is 2.34. The second kappa shape index (κ2) is 5.16. The van der Waals surface area contributed by atoms with E-state index in [0.29, 0.717) is 5.39 Å². The zero-order chi connectivity index (χ0) is 13.3. The quantitative estimate of drug-likeness (QED) is 0.697. The fraction of sp³-hybridized carbons (Fsp3) is 0.300. The van der Waals surface area contributed by atoms with Crippen LogP contribution in [0.4, 0.5) is 14.6 Å². The van der Waals surface area contributed by atoms with E-state index in [1.165, 1.54) is 6.20 Å². The Kier molecular flexibility index (Phi) is 3.77. The minimum Gasteiger partial charge on any atom is -0.364 e. The maximum absolute atomic E-state index is 13.7. The predicted octanol–water partition coefficient (Wildman–Crippen LogP) is 3.24. The fourth-order valence-electron chi connectivity index (χ4n) is 1.39. The van der Waals surface area contributed by atoms with Crippen LogP contribution in [0, 0.1) is 5.82 Å². The highest BCUT2D eigenvalue weighted by atomic mass is 35.5. The molecule has 0 bridgehead atoms. The predicted molar refractivity (Wildman–Crippen MR) is 66.4 cm³/mol. The van der Waals surface area contributed by atoms with Crippen LogP contribution in [0.1, 0.15) is 6.92 Å². The lowest BCUT2D eigenvalue weighted by molar-refractivity contribution is 0.460. The number of anilines is 1. The number of rotatable bonds is 3. The Morgan fingerprint density at radius 1 is 1.39 bits per heavy atom. The van der Waals surface area contributed by atoms with E-state index in [1.807, 2.05) is 0 Å². The van der Waals surface area contributed by atoms with Crippen LogP contribution in [0.5, 0.6) is 0 Å². The van der Waals surface area contributed by atoms with Crippen LogP contribution in [-0.4, -0.2) is 27.7 Å². The number of hydrogen-bond donors (Lipinski definition) is 1. The molecule has 2 aromatic heterocycles. The molecule has 1 N–H and O–H groups in total. The number of pyridine rings is 1. The summed E-state index contributed by atoms with van der Waals surface area (Å²) in [6.07, 6.45) is 1.31. The Labute approximate surface area is 111 Å². The van der Waals surface area contributed by atoms with E-state index >= 15 is 0 Å². The van der Waals surface area contributed by atoms with Gasteiger partial charge in [-0.15, -0.1) is 0 Å². The largest absolute Gasteiger partial charge is 0.364 e. The van der Waals surface area contributed by atoms with Gasteiger partial charge in [0.05, 0.1) is 11.4 Å². The first-order valence-electron chi connectivity index (χ1n) is 5.02. The molecular formula is C10H8Cl2F2N4.